The maximum atomic E-state index is 12.8. The Balaban J connectivity index is 2.28. The summed E-state index contributed by atoms with van der Waals surface area (Å²) in [5.74, 6) is -0.486. The van der Waals surface area contributed by atoms with Gasteiger partial charge in [0.25, 0.3) is 5.91 Å². The summed E-state index contributed by atoms with van der Waals surface area (Å²) in [4.78, 5) is 13.4. The van der Waals surface area contributed by atoms with Crippen LogP contribution in [0.2, 0.25) is 0 Å². The molecule has 1 atom stereocenters. The van der Waals surface area contributed by atoms with Crippen molar-refractivity contribution in [1.82, 2.24) is 4.90 Å². The molecule has 0 heterocycles. The monoisotopic (exact) mass is 364 g/mol. The molecule has 1 unspecified atom stereocenters. The third-order valence-corrected chi connectivity index (χ3v) is 4.03. The van der Waals surface area contributed by atoms with Crippen LogP contribution in [0.25, 0.3) is 0 Å². The third-order valence-electron chi connectivity index (χ3n) is 3.57. The first-order valence-corrected chi connectivity index (χ1v) is 7.40. The molecule has 1 fully saturated rings. The highest BCUT2D eigenvalue weighted by Gasteiger charge is 2.40. The van der Waals surface area contributed by atoms with Gasteiger partial charge in [-0.05, 0) is 43.9 Å². The predicted octanol–water partition coefficient (Wildman–Crippen LogP) is 3.83. The van der Waals surface area contributed by atoms with Gasteiger partial charge in [-0.3, -0.25) is 4.79 Å². The molecule has 21 heavy (non-hydrogen) atoms. The number of hydrogen-bond donors (Lipinski definition) is 1. The van der Waals surface area contributed by atoms with Crippen molar-refractivity contribution in [2.24, 2.45) is 5.92 Å². The van der Waals surface area contributed by atoms with E-state index >= 15 is 0 Å². The number of carbonyl (C=O) groups excluding carboxylic acids is 1. The first-order valence-electron chi connectivity index (χ1n) is 6.61. The molecule has 1 amide bonds. The standard InChI is InChI=1S/C14H16BrF3N2O/c1-8(9-2-3-9)20(7-14(16,17)18)13(21)10-4-11(15)6-12(19)5-10/h4-6,8-9H,2-3,7,19H2,1H3. The Hall–Kier alpha value is -1.24. The largest absolute Gasteiger partial charge is 0.406 e. The van der Waals surface area contributed by atoms with E-state index in [9.17, 15) is 18.0 Å². The second-order valence-electron chi connectivity index (χ2n) is 5.40. The topological polar surface area (TPSA) is 46.3 Å². The molecule has 0 aliphatic heterocycles. The number of amides is 1. The molecule has 1 aliphatic rings. The van der Waals surface area contributed by atoms with E-state index in [0.29, 0.717) is 10.2 Å². The van der Waals surface area contributed by atoms with Gasteiger partial charge < -0.3 is 10.6 Å². The van der Waals surface area contributed by atoms with E-state index in [-0.39, 0.29) is 11.5 Å². The number of alkyl halides is 3. The van der Waals surface area contributed by atoms with Gasteiger partial charge in [0.05, 0.1) is 0 Å². The number of carbonyl (C=O) groups is 1. The van der Waals surface area contributed by atoms with Gasteiger partial charge in [0.15, 0.2) is 0 Å². The Bertz CT molecular complexity index is 523. The Morgan fingerprint density at radius 1 is 1.43 bits per heavy atom. The Labute approximate surface area is 129 Å². The molecule has 1 aromatic rings. The molecule has 2 N–H and O–H groups in total. The predicted molar refractivity (Wildman–Crippen MR) is 77.8 cm³/mol. The molecule has 116 valence electrons. The van der Waals surface area contributed by atoms with Crippen molar-refractivity contribution in [2.75, 3.05) is 12.3 Å². The molecule has 0 aromatic heterocycles. The highest BCUT2D eigenvalue weighted by Crippen LogP contribution is 2.37. The van der Waals surface area contributed by atoms with Crippen molar-refractivity contribution in [3.05, 3.63) is 28.2 Å². The fourth-order valence-corrected chi connectivity index (χ4v) is 2.84. The minimum atomic E-state index is -4.42. The quantitative estimate of drug-likeness (QED) is 0.825. The maximum Gasteiger partial charge on any atom is 0.406 e. The molecule has 1 aromatic carbocycles. The Kier molecular flexibility index (Phi) is 4.51. The summed E-state index contributed by atoms with van der Waals surface area (Å²) in [5.41, 5.74) is 6.15. The SMILES string of the molecule is CC(C1CC1)N(CC(F)(F)F)C(=O)c1cc(N)cc(Br)c1. The zero-order chi connectivity index (χ0) is 15.8. The van der Waals surface area contributed by atoms with Gasteiger partial charge in [0.2, 0.25) is 0 Å². The van der Waals surface area contributed by atoms with Gasteiger partial charge in [-0.15, -0.1) is 0 Å². The van der Waals surface area contributed by atoms with E-state index in [1.165, 1.54) is 12.1 Å². The van der Waals surface area contributed by atoms with Crippen LogP contribution in [0.1, 0.15) is 30.1 Å². The average Bonchev–Trinajstić information content (AvgIpc) is 3.16. The van der Waals surface area contributed by atoms with Gasteiger partial charge in [-0.25, -0.2) is 0 Å². The number of nitrogens with zero attached hydrogens (tertiary/aromatic N) is 1. The minimum absolute atomic E-state index is 0.154. The van der Waals surface area contributed by atoms with Crippen molar-refractivity contribution in [3.63, 3.8) is 0 Å². The van der Waals surface area contributed by atoms with Crippen LogP contribution in [0, 0.1) is 5.92 Å². The van der Waals surface area contributed by atoms with Crippen LogP contribution in [0.15, 0.2) is 22.7 Å². The van der Waals surface area contributed by atoms with E-state index < -0.39 is 24.7 Å². The number of anilines is 1. The van der Waals surface area contributed by atoms with E-state index in [1.54, 1.807) is 13.0 Å². The molecule has 0 spiro atoms. The van der Waals surface area contributed by atoms with Gasteiger partial charge in [0, 0.05) is 21.8 Å². The lowest BCUT2D eigenvalue weighted by Gasteiger charge is -2.30. The van der Waals surface area contributed by atoms with E-state index in [1.807, 2.05) is 0 Å². The zero-order valence-corrected chi connectivity index (χ0v) is 13.0. The molecule has 0 radical (unpaired) electrons. The fraction of sp³-hybridized carbons (Fsp3) is 0.500. The number of nitrogen functional groups attached to an aromatic ring is 1. The van der Waals surface area contributed by atoms with Gasteiger partial charge in [0.1, 0.15) is 6.54 Å². The Morgan fingerprint density at radius 2 is 2.05 bits per heavy atom. The summed E-state index contributed by atoms with van der Waals surface area (Å²) in [6, 6.07) is 4.05. The highest BCUT2D eigenvalue weighted by atomic mass is 79.9. The minimum Gasteiger partial charge on any atom is -0.399 e. The lowest BCUT2D eigenvalue weighted by molar-refractivity contribution is -0.144. The zero-order valence-electron chi connectivity index (χ0n) is 11.5. The summed E-state index contributed by atoms with van der Waals surface area (Å²) in [6.07, 6.45) is -2.69. The van der Waals surface area contributed by atoms with Gasteiger partial charge in [-0.2, -0.15) is 13.2 Å². The summed E-state index contributed by atoms with van der Waals surface area (Å²) < 4.78 is 38.8. The lowest BCUT2D eigenvalue weighted by atomic mass is 10.1. The fourth-order valence-electron chi connectivity index (χ4n) is 2.33. The molecule has 7 heteroatoms. The number of hydrogen-bond acceptors (Lipinski definition) is 2. The second-order valence-corrected chi connectivity index (χ2v) is 6.32. The van der Waals surface area contributed by atoms with Crippen LogP contribution in [0.5, 0.6) is 0 Å². The van der Waals surface area contributed by atoms with Crippen LogP contribution in [0.3, 0.4) is 0 Å². The van der Waals surface area contributed by atoms with Crippen molar-refractivity contribution in [3.8, 4) is 0 Å². The number of rotatable bonds is 4. The van der Waals surface area contributed by atoms with Crippen molar-refractivity contribution < 1.29 is 18.0 Å². The average molecular weight is 365 g/mol. The molecule has 3 nitrogen and oxygen atoms in total. The number of halogens is 4. The molecule has 0 bridgehead atoms. The first-order chi connectivity index (χ1) is 9.67. The van der Waals surface area contributed by atoms with Crippen LogP contribution < -0.4 is 5.73 Å². The number of nitrogens with two attached hydrogens (primary N) is 1. The summed E-state index contributed by atoms with van der Waals surface area (Å²) in [5, 5.41) is 0. The molecule has 1 aliphatic carbocycles. The summed E-state index contributed by atoms with van der Waals surface area (Å²) >= 11 is 3.20. The summed E-state index contributed by atoms with van der Waals surface area (Å²) in [7, 11) is 0. The number of benzene rings is 1. The van der Waals surface area contributed by atoms with Crippen molar-refractivity contribution in [1.29, 1.82) is 0 Å². The van der Waals surface area contributed by atoms with Gasteiger partial charge in [-0.1, -0.05) is 15.9 Å². The lowest BCUT2D eigenvalue weighted by Crippen LogP contribution is -2.45. The molecular weight excluding hydrogens is 349 g/mol. The Morgan fingerprint density at radius 3 is 2.52 bits per heavy atom. The highest BCUT2D eigenvalue weighted by molar-refractivity contribution is 9.10. The smallest absolute Gasteiger partial charge is 0.399 e. The molecule has 0 saturated heterocycles. The van der Waals surface area contributed by atoms with Gasteiger partial charge >= 0.3 is 6.18 Å². The first kappa shape index (κ1) is 16.1. The third kappa shape index (κ3) is 4.36. The van der Waals surface area contributed by atoms with E-state index in [2.05, 4.69) is 15.9 Å². The van der Waals surface area contributed by atoms with Crippen LogP contribution in [0.4, 0.5) is 18.9 Å². The van der Waals surface area contributed by atoms with Crippen molar-refractivity contribution in [2.45, 2.75) is 32.0 Å². The van der Waals surface area contributed by atoms with E-state index in [0.717, 1.165) is 17.7 Å². The normalized spacial score (nSPS) is 16.6. The van der Waals surface area contributed by atoms with Crippen LogP contribution in [-0.2, 0) is 0 Å². The maximum absolute atomic E-state index is 12.8. The van der Waals surface area contributed by atoms with Crippen molar-refractivity contribution >= 4 is 27.5 Å². The van der Waals surface area contributed by atoms with Crippen LogP contribution >= 0.6 is 15.9 Å². The molecule has 1 saturated carbocycles. The van der Waals surface area contributed by atoms with Crippen LogP contribution in [-0.4, -0.2) is 29.6 Å². The molecule has 2 rings (SSSR count). The van der Waals surface area contributed by atoms with E-state index in [4.69, 9.17) is 5.73 Å². The second kappa shape index (κ2) is 5.87. The molecular formula is C14H16BrF3N2O. The summed E-state index contributed by atoms with van der Waals surface area (Å²) in [6.45, 7) is 0.429.